The number of halogens is 1. The Labute approximate surface area is 205 Å². The molecule has 31 heavy (non-hydrogen) atoms. The van der Waals surface area contributed by atoms with E-state index in [1.807, 2.05) is 20.8 Å². The van der Waals surface area contributed by atoms with Crippen LogP contribution >= 0.6 is 24.0 Å². The highest BCUT2D eigenvalue weighted by Gasteiger charge is 2.25. The average molecular weight is 554 g/mol. The van der Waals surface area contributed by atoms with Gasteiger partial charge in [-0.3, -0.25) is 4.99 Å². The molecule has 1 saturated heterocycles. The van der Waals surface area contributed by atoms with E-state index in [1.54, 1.807) is 0 Å². The third kappa shape index (κ3) is 12.1. The number of likely N-dealkylation sites (tertiary alicyclic amines) is 1. The van der Waals surface area contributed by atoms with Crippen LogP contribution in [0.2, 0.25) is 0 Å². The summed E-state index contributed by atoms with van der Waals surface area (Å²) in [5.74, 6) is 0.884. The first kappa shape index (κ1) is 28.2. The van der Waals surface area contributed by atoms with Gasteiger partial charge in [-0.2, -0.15) is 0 Å². The molecule has 2 aliphatic rings. The van der Waals surface area contributed by atoms with Crippen LogP contribution in [0.15, 0.2) is 4.99 Å². The van der Waals surface area contributed by atoms with Crippen molar-refractivity contribution in [2.75, 3.05) is 32.7 Å². The fourth-order valence-electron chi connectivity index (χ4n) is 4.00. The van der Waals surface area contributed by atoms with Gasteiger partial charge in [-0.15, -0.1) is 24.0 Å². The Balaban J connectivity index is 0.00000480. The number of hydrogen-bond donors (Lipinski definition) is 4. The molecule has 182 valence electrons. The molecule has 0 spiro atoms. The lowest BCUT2D eigenvalue weighted by atomic mass is 9.91. The summed E-state index contributed by atoms with van der Waals surface area (Å²) < 4.78 is 5.36. The summed E-state index contributed by atoms with van der Waals surface area (Å²) in [6.45, 7) is 12.4. The maximum Gasteiger partial charge on any atom is 0.407 e. The van der Waals surface area contributed by atoms with E-state index >= 15 is 0 Å². The number of ether oxygens (including phenoxy) is 1. The molecule has 0 radical (unpaired) electrons. The Morgan fingerprint density at radius 1 is 1.06 bits per heavy atom. The number of amides is 1. The quantitative estimate of drug-likeness (QED) is 0.168. The van der Waals surface area contributed by atoms with Crippen LogP contribution in [0.4, 0.5) is 4.79 Å². The van der Waals surface area contributed by atoms with Crippen LogP contribution in [0, 0.1) is 0 Å². The molecular weight excluding hydrogens is 509 g/mol. The van der Waals surface area contributed by atoms with Gasteiger partial charge in [0.15, 0.2) is 5.96 Å². The van der Waals surface area contributed by atoms with Crippen molar-refractivity contribution in [2.45, 2.75) is 96.4 Å². The fraction of sp³-hybridized carbons (Fsp3) is 0.909. The van der Waals surface area contributed by atoms with Crippen molar-refractivity contribution in [3.63, 3.8) is 0 Å². The first-order chi connectivity index (χ1) is 14.2. The molecule has 1 aliphatic carbocycles. The van der Waals surface area contributed by atoms with E-state index in [0.29, 0.717) is 6.04 Å². The van der Waals surface area contributed by atoms with Crippen LogP contribution in [0.25, 0.3) is 0 Å². The van der Waals surface area contributed by atoms with Crippen molar-refractivity contribution in [3.8, 4) is 0 Å². The summed E-state index contributed by atoms with van der Waals surface area (Å²) in [4.78, 5) is 19.1. The predicted octanol–water partition coefficient (Wildman–Crippen LogP) is 2.84. The number of rotatable bonds is 7. The van der Waals surface area contributed by atoms with E-state index in [4.69, 9.17) is 9.73 Å². The number of carbonyl (C=O) groups is 1. The van der Waals surface area contributed by atoms with Crippen LogP contribution in [0.5, 0.6) is 0 Å². The van der Waals surface area contributed by atoms with Crippen LogP contribution in [-0.2, 0) is 4.74 Å². The van der Waals surface area contributed by atoms with Crippen molar-refractivity contribution in [2.24, 2.45) is 4.99 Å². The third-order valence-electron chi connectivity index (χ3n) is 5.59. The summed E-state index contributed by atoms with van der Waals surface area (Å²) >= 11 is 0. The smallest absolute Gasteiger partial charge is 0.407 e. The summed E-state index contributed by atoms with van der Waals surface area (Å²) in [6.07, 6.45) is 6.25. The largest absolute Gasteiger partial charge is 0.444 e. The molecule has 2 rings (SSSR count). The zero-order valence-electron chi connectivity index (χ0n) is 19.8. The molecule has 0 bridgehead atoms. The van der Waals surface area contributed by atoms with E-state index in [0.717, 1.165) is 83.6 Å². The highest BCUT2D eigenvalue weighted by molar-refractivity contribution is 14.0. The number of aliphatic hydroxyl groups is 1. The van der Waals surface area contributed by atoms with Crippen molar-refractivity contribution in [1.82, 2.24) is 20.9 Å². The van der Waals surface area contributed by atoms with E-state index < -0.39 is 5.60 Å². The molecule has 0 atom stereocenters. The summed E-state index contributed by atoms with van der Waals surface area (Å²) in [7, 11) is 0. The zero-order valence-corrected chi connectivity index (χ0v) is 22.1. The molecule has 0 unspecified atom stereocenters. The lowest BCUT2D eigenvalue weighted by Gasteiger charge is -2.31. The molecule has 1 heterocycles. The topological polar surface area (TPSA) is 98.2 Å². The number of alkyl carbamates (subject to hydrolysis) is 1. The van der Waals surface area contributed by atoms with Gasteiger partial charge in [0, 0.05) is 38.3 Å². The number of nitrogens with one attached hydrogen (secondary N) is 3. The molecule has 0 aromatic carbocycles. The molecular formula is C22H44IN5O3. The summed E-state index contributed by atoms with van der Waals surface area (Å²) in [5, 5.41) is 19.5. The minimum absolute atomic E-state index is 0. The lowest BCUT2D eigenvalue weighted by Crippen LogP contribution is -2.48. The average Bonchev–Trinajstić information content (AvgIpc) is 2.67. The van der Waals surface area contributed by atoms with E-state index in [9.17, 15) is 9.90 Å². The maximum atomic E-state index is 12.0. The van der Waals surface area contributed by atoms with Gasteiger partial charge in [-0.05, 0) is 79.2 Å². The highest BCUT2D eigenvalue weighted by Crippen LogP contribution is 2.19. The van der Waals surface area contributed by atoms with E-state index in [-0.39, 0.29) is 42.2 Å². The Bertz CT molecular complexity index is 540. The van der Waals surface area contributed by atoms with Crippen LogP contribution in [0.3, 0.4) is 0 Å². The van der Waals surface area contributed by atoms with Crippen LogP contribution in [-0.4, -0.2) is 78.6 Å². The Hall–Kier alpha value is -0.810. The van der Waals surface area contributed by atoms with Gasteiger partial charge in [0.05, 0.1) is 6.10 Å². The molecule has 1 aliphatic heterocycles. The molecule has 0 aromatic heterocycles. The minimum Gasteiger partial charge on any atom is -0.444 e. The predicted molar refractivity (Wildman–Crippen MR) is 136 cm³/mol. The molecule has 1 saturated carbocycles. The van der Waals surface area contributed by atoms with E-state index in [2.05, 4.69) is 27.8 Å². The van der Waals surface area contributed by atoms with E-state index in [1.165, 1.54) is 0 Å². The molecule has 8 nitrogen and oxygen atoms in total. The molecule has 0 aromatic rings. The monoisotopic (exact) mass is 553 g/mol. The Kier molecular flexibility index (Phi) is 13.1. The normalized spacial score (nSPS) is 23.6. The maximum absolute atomic E-state index is 12.0. The third-order valence-corrected chi connectivity index (χ3v) is 5.59. The minimum atomic E-state index is -0.463. The van der Waals surface area contributed by atoms with Gasteiger partial charge < -0.3 is 30.7 Å². The van der Waals surface area contributed by atoms with Crippen molar-refractivity contribution < 1.29 is 14.6 Å². The molecule has 4 N–H and O–H groups in total. The van der Waals surface area contributed by atoms with Crippen LogP contribution < -0.4 is 16.0 Å². The Morgan fingerprint density at radius 2 is 1.65 bits per heavy atom. The first-order valence-electron chi connectivity index (χ1n) is 11.7. The lowest BCUT2D eigenvalue weighted by molar-refractivity contribution is 0.0490. The Morgan fingerprint density at radius 3 is 2.19 bits per heavy atom. The fourth-order valence-corrected chi connectivity index (χ4v) is 4.00. The van der Waals surface area contributed by atoms with Gasteiger partial charge in [-0.25, -0.2) is 4.79 Å². The van der Waals surface area contributed by atoms with Crippen molar-refractivity contribution in [3.05, 3.63) is 0 Å². The molecule has 2 fully saturated rings. The molecule has 1 amide bonds. The summed E-state index contributed by atoms with van der Waals surface area (Å²) in [5.41, 5.74) is -0.463. The number of hydrogen-bond acceptors (Lipinski definition) is 5. The number of nitrogens with zero attached hydrogens (tertiary/aromatic N) is 2. The second-order valence-electron chi connectivity index (χ2n) is 9.53. The summed E-state index contributed by atoms with van der Waals surface area (Å²) in [6, 6.07) is 0.559. The number of aliphatic imine (C=N–C) groups is 1. The van der Waals surface area contributed by atoms with Crippen LogP contribution in [0.1, 0.15) is 72.6 Å². The van der Waals surface area contributed by atoms with Crippen molar-refractivity contribution in [1.29, 1.82) is 0 Å². The second kappa shape index (κ2) is 14.4. The van der Waals surface area contributed by atoms with Crippen molar-refractivity contribution >= 4 is 36.0 Å². The number of piperidine rings is 1. The van der Waals surface area contributed by atoms with Gasteiger partial charge in [0.25, 0.3) is 0 Å². The SMILES string of the molecule is CCNC(=NCCCN1CCC(O)CC1)NC1CCC(NC(=O)OC(C)(C)C)CC1.I. The highest BCUT2D eigenvalue weighted by atomic mass is 127. The zero-order chi connectivity index (χ0) is 22.0. The van der Waals surface area contributed by atoms with Gasteiger partial charge >= 0.3 is 6.09 Å². The number of aliphatic hydroxyl groups excluding tert-OH is 1. The number of carbonyl (C=O) groups excluding carboxylic acids is 1. The first-order valence-corrected chi connectivity index (χ1v) is 11.7. The standard InChI is InChI=1S/C22H43N5O3.HI/c1-5-23-20(24-13-6-14-27-15-11-19(28)12-16-27)25-17-7-9-18(10-8-17)26-21(29)30-22(2,3)4;/h17-19,28H,5-16H2,1-4H3,(H,26,29)(H2,23,24,25);1H. The molecule has 9 heteroatoms. The van der Waals surface area contributed by atoms with Gasteiger partial charge in [0.1, 0.15) is 5.60 Å². The van der Waals surface area contributed by atoms with Gasteiger partial charge in [0.2, 0.25) is 0 Å². The second-order valence-corrected chi connectivity index (χ2v) is 9.53. The van der Waals surface area contributed by atoms with Gasteiger partial charge in [-0.1, -0.05) is 0 Å². The number of guanidine groups is 1.